The van der Waals surface area contributed by atoms with Crippen molar-refractivity contribution in [1.82, 2.24) is 25.1 Å². The molecular formula is C29H32N6O4. The average Bonchev–Trinajstić information content (AvgIpc) is 3.45. The summed E-state index contributed by atoms with van der Waals surface area (Å²) in [5, 5.41) is 13.7. The van der Waals surface area contributed by atoms with Crippen molar-refractivity contribution in [2.24, 2.45) is 5.92 Å². The Morgan fingerprint density at radius 2 is 1.64 bits per heavy atom. The molecule has 1 atom stereocenters. The van der Waals surface area contributed by atoms with Gasteiger partial charge in [0, 0.05) is 12.6 Å². The number of nitrogens with one attached hydrogen (secondary N) is 2. The van der Waals surface area contributed by atoms with Crippen LogP contribution in [0.25, 0.3) is 11.4 Å². The lowest BCUT2D eigenvalue weighted by Gasteiger charge is -2.21. The third-order valence-corrected chi connectivity index (χ3v) is 6.58. The first-order chi connectivity index (χ1) is 18.6. The molecule has 0 aliphatic heterocycles. The summed E-state index contributed by atoms with van der Waals surface area (Å²) in [6.45, 7) is 7.14. The van der Waals surface area contributed by atoms with Crippen molar-refractivity contribution in [3.05, 3.63) is 94.6 Å². The van der Waals surface area contributed by atoms with E-state index >= 15 is 0 Å². The van der Waals surface area contributed by atoms with Gasteiger partial charge < -0.3 is 15.1 Å². The molecule has 4 rings (SSSR count). The number of ketones is 1. The monoisotopic (exact) mass is 528 g/mol. The van der Waals surface area contributed by atoms with Gasteiger partial charge in [0.15, 0.2) is 0 Å². The predicted octanol–water partition coefficient (Wildman–Crippen LogP) is 3.68. The van der Waals surface area contributed by atoms with Crippen LogP contribution in [0.15, 0.2) is 76.1 Å². The normalized spacial score (nSPS) is 12.3. The van der Waals surface area contributed by atoms with Gasteiger partial charge in [-0.05, 0) is 25.3 Å². The quantitative estimate of drug-likeness (QED) is 0.298. The molecule has 0 fully saturated rings. The molecule has 39 heavy (non-hydrogen) atoms. The Morgan fingerprint density at radius 3 is 2.26 bits per heavy atom. The maximum Gasteiger partial charge on any atom is 0.286 e. The van der Waals surface area contributed by atoms with E-state index in [1.54, 1.807) is 33.0 Å². The SMILES string of the molecule is CNc1cnc(-c2ccccc2)n(CC(=O)NC(C(=O)c2nnc(C(C)(C)c3ccccc3)o2)C(C)C)c1=O. The number of benzene rings is 2. The van der Waals surface area contributed by atoms with Crippen LogP contribution in [0.3, 0.4) is 0 Å². The standard InChI is InChI=1S/C29H32N6O4/c1-18(2)23(24(37)26-33-34-28(39-26)29(3,4)20-14-10-7-11-15-20)32-22(36)17-35-25(19-12-8-6-9-13-19)31-16-21(30-5)27(35)38/h6-16,18,23,30H,17H2,1-5H3,(H,32,36). The average molecular weight is 529 g/mol. The van der Waals surface area contributed by atoms with Crippen LogP contribution in [-0.4, -0.2) is 44.5 Å². The first kappa shape index (κ1) is 27.4. The molecule has 0 spiro atoms. The molecular weight excluding hydrogens is 496 g/mol. The molecule has 0 saturated heterocycles. The molecule has 0 aliphatic carbocycles. The third-order valence-electron chi connectivity index (χ3n) is 6.58. The Bertz CT molecular complexity index is 1510. The molecule has 10 nitrogen and oxygen atoms in total. The van der Waals surface area contributed by atoms with Gasteiger partial charge in [-0.25, -0.2) is 4.98 Å². The highest BCUT2D eigenvalue weighted by atomic mass is 16.4. The largest absolute Gasteiger partial charge is 0.417 e. The molecule has 0 aliphatic rings. The van der Waals surface area contributed by atoms with E-state index in [9.17, 15) is 14.4 Å². The Labute approximate surface area is 226 Å². The van der Waals surface area contributed by atoms with Crippen molar-refractivity contribution >= 4 is 17.4 Å². The summed E-state index contributed by atoms with van der Waals surface area (Å²) in [5.41, 5.74) is 0.861. The van der Waals surface area contributed by atoms with Gasteiger partial charge in [0.1, 0.15) is 18.1 Å². The highest BCUT2D eigenvalue weighted by Gasteiger charge is 2.34. The smallest absolute Gasteiger partial charge is 0.286 e. The van der Waals surface area contributed by atoms with Crippen LogP contribution in [0.1, 0.15) is 49.8 Å². The Morgan fingerprint density at radius 1 is 1.00 bits per heavy atom. The number of aromatic nitrogens is 4. The van der Waals surface area contributed by atoms with Gasteiger partial charge in [-0.2, -0.15) is 0 Å². The second-order valence-corrected chi connectivity index (χ2v) is 10.1. The molecule has 10 heteroatoms. The Balaban J connectivity index is 1.57. The van der Waals surface area contributed by atoms with E-state index < -0.39 is 28.7 Å². The summed E-state index contributed by atoms with van der Waals surface area (Å²) in [5.74, 6) is -0.869. The zero-order valence-corrected chi connectivity index (χ0v) is 22.6. The van der Waals surface area contributed by atoms with Gasteiger partial charge in [-0.1, -0.05) is 74.5 Å². The van der Waals surface area contributed by atoms with Crippen molar-refractivity contribution in [2.75, 3.05) is 12.4 Å². The van der Waals surface area contributed by atoms with Gasteiger partial charge in [0.05, 0.1) is 17.7 Å². The number of anilines is 1. The zero-order valence-electron chi connectivity index (χ0n) is 22.6. The topological polar surface area (TPSA) is 132 Å². The van der Waals surface area contributed by atoms with E-state index in [4.69, 9.17) is 4.42 Å². The molecule has 2 N–H and O–H groups in total. The summed E-state index contributed by atoms with van der Waals surface area (Å²) in [7, 11) is 1.61. The molecule has 2 aromatic carbocycles. The summed E-state index contributed by atoms with van der Waals surface area (Å²) in [6, 6.07) is 17.8. The fourth-order valence-corrected chi connectivity index (χ4v) is 4.21. The van der Waals surface area contributed by atoms with Crippen LogP contribution < -0.4 is 16.2 Å². The van der Waals surface area contributed by atoms with Crippen LogP contribution in [0.2, 0.25) is 0 Å². The number of carbonyl (C=O) groups is 2. The van der Waals surface area contributed by atoms with E-state index in [1.807, 2.05) is 62.4 Å². The lowest BCUT2D eigenvalue weighted by molar-refractivity contribution is -0.122. The minimum atomic E-state index is -0.943. The molecule has 0 radical (unpaired) electrons. The summed E-state index contributed by atoms with van der Waals surface area (Å²) in [6.07, 6.45) is 1.43. The molecule has 1 unspecified atom stereocenters. The highest BCUT2D eigenvalue weighted by molar-refractivity contribution is 5.98. The molecule has 0 saturated carbocycles. The fraction of sp³-hybridized carbons (Fsp3) is 0.310. The van der Waals surface area contributed by atoms with Gasteiger partial charge in [0.25, 0.3) is 11.4 Å². The lowest BCUT2D eigenvalue weighted by Crippen LogP contribution is -2.46. The molecule has 0 bridgehead atoms. The third kappa shape index (κ3) is 5.79. The van der Waals surface area contributed by atoms with Crippen molar-refractivity contribution in [1.29, 1.82) is 0 Å². The molecule has 202 valence electrons. The second-order valence-electron chi connectivity index (χ2n) is 10.1. The number of rotatable bonds is 10. The van der Waals surface area contributed by atoms with E-state index in [-0.39, 0.29) is 24.0 Å². The van der Waals surface area contributed by atoms with Crippen LogP contribution in [0.5, 0.6) is 0 Å². The van der Waals surface area contributed by atoms with E-state index in [2.05, 4.69) is 25.8 Å². The van der Waals surface area contributed by atoms with E-state index in [1.165, 1.54) is 10.8 Å². The van der Waals surface area contributed by atoms with Gasteiger partial charge in [0.2, 0.25) is 17.6 Å². The first-order valence-corrected chi connectivity index (χ1v) is 12.7. The molecule has 1 amide bonds. The van der Waals surface area contributed by atoms with Gasteiger partial charge in [-0.15, -0.1) is 10.2 Å². The number of Topliss-reactive ketones (excluding diaryl/α,β-unsaturated/α-hetero) is 1. The summed E-state index contributed by atoms with van der Waals surface area (Å²) < 4.78 is 7.11. The van der Waals surface area contributed by atoms with Crippen LogP contribution >= 0.6 is 0 Å². The Hall–Kier alpha value is -4.60. The summed E-state index contributed by atoms with van der Waals surface area (Å²) in [4.78, 5) is 44.1. The Kier molecular flexibility index (Phi) is 8.04. The zero-order chi connectivity index (χ0) is 28.2. The maximum atomic E-state index is 13.4. The van der Waals surface area contributed by atoms with Crippen molar-refractivity contribution in [3.63, 3.8) is 0 Å². The molecule has 2 aromatic heterocycles. The number of carbonyl (C=O) groups excluding carboxylic acids is 2. The summed E-state index contributed by atoms with van der Waals surface area (Å²) >= 11 is 0. The lowest BCUT2D eigenvalue weighted by atomic mass is 9.85. The van der Waals surface area contributed by atoms with Gasteiger partial charge >= 0.3 is 0 Å². The highest BCUT2D eigenvalue weighted by Crippen LogP contribution is 2.30. The van der Waals surface area contributed by atoms with E-state index in [0.717, 1.165) is 5.56 Å². The number of nitrogens with zero attached hydrogens (tertiary/aromatic N) is 4. The minimum absolute atomic E-state index is 0.186. The second kappa shape index (κ2) is 11.4. The van der Waals surface area contributed by atoms with Gasteiger partial charge in [-0.3, -0.25) is 19.0 Å². The number of amides is 1. The number of hydrogen-bond acceptors (Lipinski definition) is 8. The van der Waals surface area contributed by atoms with Crippen molar-refractivity contribution in [2.45, 2.75) is 45.7 Å². The predicted molar refractivity (Wildman–Crippen MR) is 147 cm³/mol. The number of hydrogen-bond donors (Lipinski definition) is 2. The fourth-order valence-electron chi connectivity index (χ4n) is 4.21. The van der Waals surface area contributed by atoms with Crippen molar-refractivity contribution < 1.29 is 14.0 Å². The maximum absolute atomic E-state index is 13.4. The van der Waals surface area contributed by atoms with Crippen LogP contribution in [0.4, 0.5) is 5.69 Å². The van der Waals surface area contributed by atoms with Crippen LogP contribution in [-0.2, 0) is 16.8 Å². The molecule has 2 heterocycles. The first-order valence-electron chi connectivity index (χ1n) is 12.7. The van der Waals surface area contributed by atoms with Crippen LogP contribution in [0, 0.1) is 5.92 Å². The van der Waals surface area contributed by atoms with E-state index in [0.29, 0.717) is 17.3 Å². The van der Waals surface area contributed by atoms with Crippen molar-refractivity contribution in [3.8, 4) is 11.4 Å². The minimum Gasteiger partial charge on any atom is -0.417 e. The molecule has 4 aromatic rings.